The van der Waals surface area contributed by atoms with E-state index in [0.29, 0.717) is 0 Å². The highest BCUT2D eigenvalue weighted by Crippen LogP contribution is 2.40. The third-order valence-electron chi connectivity index (χ3n) is 5.75. The number of hydrogen-bond acceptors (Lipinski definition) is 1. The first kappa shape index (κ1) is 12.0. The smallest absolute Gasteiger partial charge is 0.00699 e. The average Bonchev–Trinajstić information content (AvgIpc) is 2.32. The Balaban J connectivity index is 1.36. The topological polar surface area (TPSA) is 12.0 Å². The van der Waals surface area contributed by atoms with E-state index < -0.39 is 0 Å². The summed E-state index contributed by atoms with van der Waals surface area (Å²) in [5, 5.41) is 3.85. The van der Waals surface area contributed by atoms with Crippen LogP contribution in [0.3, 0.4) is 0 Å². The highest BCUT2D eigenvalue weighted by Gasteiger charge is 2.31. The van der Waals surface area contributed by atoms with E-state index in [-0.39, 0.29) is 0 Å². The number of nitrogens with one attached hydrogen (secondary N) is 1. The van der Waals surface area contributed by atoms with Crippen molar-refractivity contribution in [2.45, 2.75) is 76.7 Å². The second kappa shape index (κ2) is 5.73. The minimum absolute atomic E-state index is 0.870. The van der Waals surface area contributed by atoms with Gasteiger partial charge in [-0.25, -0.2) is 0 Å². The molecule has 0 aliphatic heterocycles. The van der Waals surface area contributed by atoms with Crippen LogP contribution in [0.2, 0.25) is 0 Å². The van der Waals surface area contributed by atoms with Crippen molar-refractivity contribution in [3.8, 4) is 0 Å². The molecule has 0 aromatic heterocycles. The van der Waals surface area contributed by atoms with Crippen molar-refractivity contribution in [1.82, 2.24) is 5.32 Å². The van der Waals surface area contributed by atoms with E-state index in [1.807, 2.05) is 0 Å². The molecule has 3 atom stereocenters. The van der Waals surface area contributed by atoms with Crippen molar-refractivity contribution in [3.05, 3.63) is 0 Å². The predicted molar refractivity (Wildman–Crippen MR) is 73.0 cm³/mol. The summed E-state index contributed by atoms with van der Waals surface area (Å²) in [4.78, 5) is 0. The molecule has 3 unspecified atom stereocenters. The van der Waals surface area contributed by atoms with Crippen molar-refractivity contribution in [2.24, 2.45) is 17.8 Å². The molecule has 3 saturated carbocycles. The Morgan fingerprint density at radius 3 is 2.35 bits per heavy atom. The molecule has 0 radical (unpaired) electrons. The van der Waals surface area contributed by atoms with Crippen LogP contribution in [0.25, 0.3) is 0 Å². The summed E-state index contributed by atoms with van der Waals surface area (Å²) in [6, 6.07) is 0.870. The van der Waals surface area contributed by atoms with Gasteiger partial charge in [-0.1, -0.05) is 44.9 Å². The van der Waals surface area contributed by atoms with Gasteiger partial charge in [0, 0.05) is 6.04 Å². The van der Waals surface area contributed by atoms with Crippen molar-refractivity contribution < 1.29 is 0 Å². The Bertz CT molecular complexity index is 234. The molecule has 0 saturated heterocycles. The summed E-state index contributed by atoms with van der Waals surface area (Å²) in [5.74, 6) is 3.26. The van der Waals surface area contributed by atoms with E-state index in [1.165, 1.54) is 70.8 Å². The maximum Gasteiger partial charge on any atom is 0.00699 e. The van der Waals surface area contributed by atoms with Crippen LogP contribution in [-0.2, 0) is 0 Å². The monoisotopic (exact) mass is 235 g/mol. The van der Waals surface area contributed by atoms with E-state index in [4.69, 9.17) is 0 Å². The average molecular weight is 235 g/mol. The molecule has 98 valence electrons. The van der Waals surface area contributed by atoms with Gasteiger partial charge in [0.15, 0.2) is 0 Å². The highest BCUT2D eigenvalue weighted by atomic mass is 14.9. The molecular weight excluding hydrogens is 206 g/mol. The van der Waals surface area contributed by atoms with E-state index in [1.54, 1.807) is 6.42 Å². The Labute approximate surface area is 107 Å². The third kappa shape index (κ3) is 3.05. The maximum absolute atomic E-state index is 3.85. The molecule has 0 heterocycles. The largest absolute Gasteiger partial charge is 0.314 e. The van der Waals surface area contributed by atoms with E-state index >= 15 is 0 Å². The maximum atomic E-state index is 3.85. The standard InChI is InChI=1S/C16H29N/c1-2-7-15-12-16(9-8-14(15)6-1)17-11-10-13-4-3-5-13/h13-17H,1-12H2. The lowest BCUT2D eigenvalue weighted by Crippen LogP contribution is -2.39. The second-order valence-corrected chi connectivity index (χ2v) is 6.85. The lowest BCUT2D eigenvalue weighted by atomic mass is 9.69. The van der Waals surface area contributed by atoms with Crippen LogP contribution in [0, 0.1) is 17.8 Å². The quantitative estimate of drug-likeness (QED) is 0.772. The second-order valence-electron chi connectivity index (χ2n) is 6.85. The van der Waals surface area contributed by atoms with Crippen LogP contribution < -0.4 is 5.32 Å². The summed E-state index contributed by atoms with van der Waals surface area (Å²) in [7, 11) is 0. The molecular formula is C16H29N. The Morgan fingerprint density at radius 1 is 0.765 bits per heavy atom. The predicted octanol–water partition coefficient (Wildman–Crippen LogP) is 4.13. The molecule has 1 nitrogen and oxygen atoms in total. The fourth-order valence-corrected chi connectivity index (χ4v) is 4.33. The van der Waals surface area contributed by atoms with Crippen LogP contribution in [0.5, 0.6) is 0 Å². The number of hydrogen-bond donors (Lipinski definition) is 1. The SMILES string of the molecule is C1CC(CCNC2CCC3CCCCC3C2)C1. The van der Waals surface area contributed by atoms with Gasteiger partial charge in [-0.2, -0.15) is 0 Å². The molecule has 0 aromatic carbocycles. The van der Waals surface area contributed by atoms with Crippen LogP contribution in [0.4, 0.5) is 0 Å². The normalized spacial score (nSPS) is 38.5. The first-order chi connectivity index (χ1) is 8.42. The molecule has 3 aliphatic carbocycles. The summed E-state index contributed by atoms with van der Waals surface area (Å²) in [6.07, 6.45) is 16.5. The van der Waals surface area contributed by atoms with Gasteiger partial charge in [0.25, 0.3) is 0 Å². The van der Waals surface area contributed by atoms with E-state index in [0.717, 1.165) is 23.8 Å². The molecule has 17 heavy (non-hydrogen) atoms. The zero-order valence-electron chi connectivity index (χ0n) is 11.3. The van der Waals surface area contributed by atoms with Crippen molar-refractivity contribution in [1.29, 1.82) is 0 Å². The minimum atomic E-state index is 0.870. The van der Waals surface area contributed by atoms with E-state index in [9.17, 15) is 0 Å². The van der Waals surface area contributed by atoms with Gasteiger partial charge in [0.05, 0.1) is 0 Å². The van der Waals surface area contributed by atoms with Crippen LogP contribution >= 0.6 is 0 Å². The molecule has 0 spiro atoms. The van der Waals surface area contributed by atoms with Crippen LogP contribution in [-0.4, -0.2) is 12.6 Å². The molecule has 0 aromatic rings. The van der Waals surface area contributed by atoms with Crippen molar-refractivity contribution in [2.75, 3.05) is 6.54 Å². The van der Waals surface area contributed by atoms with Crippen molar-refractivity contribution >= 4 is 0 Å². The number of rotatable bonds is 4. The number of fused-ring (bicyclic) bond motifs is 1. The fourth-order valence-electron chi connectivity index (χ4n) is 4.33. The molecule has 3 fully saturated rings. The molecule has 0 amide bonds. The Hall–Kier alpha value is -0.0400. The molecule has 0 bridgehead atoms. The summed E-state index contributed by atoms with van der Waals surface area (Å²) < 4.78 is 0. The first-order valence-corrected chi connectivity index (χ1v) is 8.15. The third-order valence-corrected chi connectivity index (χ3v) is 5.75. The minimum Gasteiger partial charge on any atom is -0.314 e. The van der Waals surface area contributed by atoms with Crippen LogP contribution in [0.1, 0.15) is 70.6 Å². The highest BCUT2D eigenvalue weighted by molar-refractivity contribution is 4.86. The fraction of sp³-hybridized carbons (Fsp3) is 1.00. The van der Waals surface area contributed by atoms with Gasteiger partial charge >= 0.3 is 0 Å². The van der Waals surface area contributed by atoms with Gasteiger partial charge in [0.1, 0.15) is 0 Å². The van der Waals surface area contributed by atoms with Gasteiger partial charge in [-0.15, -0.1) is 0 Å². The van der Waals surface area contributed by atoms with Crippen molar-refractivity contribution in [3.63, 3.8) is 0 Å². The van der Waals surface area contributed by atoms with E-state index in [2.05, 4.69) is 5.32 Å². The lowest BCUT2D eigenvalue weighted by Gasteiger charge is -2.40. The van der Waals surface area contributed by atoms with Gasteiger partial charge in [-0.3, -0.25) is 0 Å². The molecule has 1 N–H and O–H groups in total. The molecule has 3 rings (SSSR count). The van der Waals surface area contributed by atoms with Gasteiger partial charge in [0.2, 0.25) is 0 Å². The Morgan fingerprint density at radius 2 is 1.59 bits per heavy atom. The van der Waals surface area contributed by atoms with Gasteiger partial charge in [-0.05, 0) is 50.0 Å². The van der Waals surface area contributed by atoms with Gasteiger partial charge < -0.3 is 5.32 Å². The lowest BCUT2D eigenvalue weighted by molar-refractivity contribution is 0.142. The zero-order chi connectivity index (χ0) is 11.5. The van der Waals surface area contributed by atoms with Crippen LogP contribution in [0.15, 0.2) is 0 Å². The summed E-state index contributed by atoms with van der Waals surface area (Å²) >= 11 is 0. The molecule has 1 heteroatoms. The zero-order valence-corrected chi connectivity index (χ0v) is 11.3. The first-order valence-electron chi connectivity index (χ1n) is 8.15. The summed E-state index contributed by atoms with van der Waals surface area (Å²) in [5.41, 5.74) is 0. The summed E-state index contributed by atoms with van der Waals surface area (Å²) in [6.45, 7) is 1.30. The molecule has 3 aliphatic rings. The Kier molecular flexibility index (Phi) is 4.05.